The average molecular weight is 350 g/mol. The van der Waals surface area contributed by atoms with Crippen molar-refractivity contribution in [3.8, 4) is 0 Å². The van der Waals surface area contributed by atoms with E-state index in [1.165, 1.54) is 0 Å². The van der Waals surface area contributed by atoms with Gasteiger partial charge in [-0.1, -0.05) is 48.2 Å². The molecule has 6 heteroatoms. The molecule has 0 spiro atoms. The molecule has 2 amide bonds. The van der Waals surface area contributed by atoms with Gasteiger partial charge in [-0.25, -0.2) is 4.98 Å². The maximum atomic E-state index is 11.7. The van der Waals surface area contributed by atoms with E-state index in [2.05, 4.69) is 10.3 Å². The minimum absolute atomic E-state index is 0.235. The fourth-order valence-electron chi connectivity index (χ4n) is 2.66. The number of amides is 2. The van der Waals surface area contributed by atoms with Gasteiger partial charge in [0, 0.05) is 6.08 Å². The van der Waals surface area contributed by atoms with Crippen molar-refractivity contribution in [2.24, 2.45) is 0 Å². The van der Waals surface area contributed by atoms with E-state index in [0.29, 0.717) is 17.9 Å². The van der Waals surface area contributed by atoms with Crippen LogP contribution in [0.15, 0.2) is 52.9 Å². The summed E-state index contributed by atoms with van der Waals surface area (Å²) < 4.78 is 5.72. The van der Waals surface area contributed by atoms with E-state index < -0.39 is 0 Å². The Balaban J connectivity index is 1.54. The number of hydrogen-bond acceptors (Lipinski definition) is 5. The molecule has 1 N–H and O–H groups in total. The molecule has 2 heterocycles. The zero-order chi connectivity index (χ0) is 17.2. The standard InChI is InChI=1S/C19H14N2O3S/c22-18-16(25-19(23)21-18)11-13-6-8-15-14(10-13)20-17(24-15)9-7-12-4-2-1-3-5-12/h1-10,16H,11H2,(H,21,22,23)/b9-7+. The molecule has 1 unspecified atom stereocenters. The molecule has 0 bridgehead atoms. The SMILES string of the molecule is O=C1NC(=O)C(Cc2ccc3oc(/C=C/c4ccccc4)nc3c2)S1. The highest BCUT2D eigenvalue weighted by Crippen LogP contribution is 2.25. The summed E-state index contributed by atoms with van der Waals surface area (Å²) in [6, 6.07) is 15.6. The van der Waals surface area contributed by atoms with Gasteiger partial charge in [-0.15, -0.1) is 0 Å². The molecule has 0 saturated carbocycles. The summed E-state index contributed by atoms with van der Waals surface area (Å²) in [4.78, 5) is 27.4. The van der Waals surface area contributed by atoms with Gasteiger partial charge in [-0.2, -0.15) is 0 Å². The third-order valence-corrected chi connectivity index (χ3v) is 4.86. The second-order valence-corrected chi connectivity index (χ2v) is 6.86. The Bertz CT molecular complexity index is 979. The van der Waals surface area contributed by atoms with E-state index in [-0.39, 0.29) is 16.4 Å². The minimum Gasteiger partial charge on any atom is -0.437 e. The van der Waals surface area contributed by atoms with Crippen LogP contribution in [0.5, 0.6) is 0 Å². The fourth-order valence-corrected chi connectivity index (χ4v) is 3.52. The average Bonchev–Trinajstić information content (AvgIpc) is 3.16. The van der Waals surface area contributed by atoms with Crippen LogP contribution >= 0.6 is 11.8 Å². The van der Waals surface area contributed by atoms with Crippen LogP contribution in [0.2, 0.25) is 0 Å². The lowest BCUT2D eigenvalue weighted by Crippen LogP contribution is -2.25. The number of fused-ring (bicyclic) bond motifs is 1. The topological polar surface area (TPSA) is 72.2 Å². The van der Waals surface area contributed by atoms with E-state index in [1.54, 1.807) is 0 Å². The van der Waals surface area contributed by atoms with Crippen molar-refractivity contribution >= 4 is 46.2 Å². The number of imide groups is 1. The number of oxazole rings is 1. The lowest BCUT2D eigenvalue weighted by atomic mass is 10.1. The van der Waals surface area contributed by atoms with Crippen LogP contribution in [0.1, 0.15) is 17.0 Å². The van der Waals surface area contributed by atoms with Crippen molar-refractivity contribution in [2.75, 3.05) is 0 Å². The van der Waals surface area contributed by atoms with Crippen molar-refractivity contribution in [1.82, 2.24) is 10.3 Å². The highest BCUT2D eigenvalue weighted by molar-refractivity contribution is 8.15. The number of benzene rings is 2. The lowest BCUT2D eigenvalue weighted by Gasteiger charge is -2.04. The second kappa shape index (κ2) is 6.57. The van der Waals surface area contributed by atoms with Gasteiger partial charge >= 0.3 is 0 Å². The smallest absolute Gasteiger partial charge is 0.286 e. The maximum Gasteiger partial charge on any atom is 0.286 e. The van der Waals surface area contributed by atoms with Crippen molar-refractivity contribution in [1.29, 1.82) is 0 Å². The van der Waals surface area contributed by atoms with Crippen molar-refractivity contribution in [3.05, 3.63) is 65.5 Å². The van der Waals surface area contributed by atoms with Crippen LogP contribution in [0.4, 0.5) is 4.79 Å². The summed E-state index contributed by atoms with van der Waals surface area (Å²) in [6.45, 7) is 0. The third-order valence-electron chi connectivity index (χ3n) is 3.87. The van der Waals surface area contributed by atoms with Crippen LogP contribution in [0.3, 0.4) is 0 Å². The molecule has 1 aliphatic rings. The molecular formula is C19H14N2O3S. The zero-order valence-corrected chi connectivity index (χ0v) is 14.0. The molecular weight excluding hydrogens is 336 g/mol. The van der Waals surface area contributed by atoms with Gasteiger partial charge in [-0.05, 0) is 35.8 Å². The molecule has 1 fully saturated rings. The van der Waals surface area contributed by atoms with Crippen LogP contribution in [0.25, 0.3) is 23.3 Å². The van der Waals surface area contributed by atoms with Crippen LogP contribution in [0, 0.1) is 0 Å². The van der Waals surface area contributed by atoms with E-state index in [0.717, 1.165) is 28.4 Å². The normalized spacial score (nSPS) is 17.5. The van der Waals surface area contributed by atoms with Crippen molar-refractivity contribution < 1.29 is 14.0 Å². The summed E-state index contributed by atoms with van der Waals surface area (Å²) in [5, 5.41) is 1.64. The number of rotatable bonds is 4. The highest BCUT2D eigenvalue weighted by atomic mass is 32.2. The maximum absolute atomic E-state index is 11.7. The molecule has 4 rings (SSSR count). The molecule has 124 valence electrons. The Labute approximate surface area is 148 Å². The first-order chi connectivity index (χ1) is 12.2. The summed E-state index contributed by atoms with van der Waals surface area (Å²) in [5.41, 5.74) is 3.44. The number of aromatic nitrogens is 1. The zero-order valence-electron chi connectivity index (χ0n) is 13.1. The molecule has 0 radical (unpaired) electrons. The van der Waals surface area contributed by atoms with E-state index >= 15 is 0 Å². The fraction of sp³-hybridized carbons (Fsp3) is 0.105. The predicted octanol–water partition coefficient (Wildman–Crippen LogP) is 3.89. The molecule has 3 aromatic rings. The van der Waals surface area contributed by atoms with Gasteiger partial charge in [0.25, 0.3) is 5.24 Å². The number of nitrogens with one attached hydrogen (secondary N) is 1. The van der Waals surface area contributed by atoms with Crippen LogP contribution in [-0.2, 0) is 11.2 Å². The first-order valence-corrected chi connectivity index (χ1v) is 8.69. The van der Waals surface area contributed by atoms with Crippen molar-refractivity contribution in [3.63, 3.8) is 0 Å². The van der Waals surface area contributed by atoms with Gasteiger partial charge in [0.05, 0.1) is 5.25 Å². The van der Waals surface area contributed by atoms with E-state index in [4.69, 9.17) is 4.42 Å². The Morgan fingerprint density at radius 2 is 1.96 bits per heavy atom. The quantitative estimate of drug-likeness (QED) is 0.773. The van der Waals surface area contributed by atoms with Gasteiger partial charge in [-0.3, -0.25) is 14.9 Å². The Hall–Kier alpha value is -2.86. The van der Waals surface area contributed by atoms with Crippen LogP contribution < -0.4 is 5.32 Å². The molecule has 2 aromatic carbocycles. The van der Waals surface area contributed by atoms with Gasteiger partial charge in [0.15, 0.2) is 5.58 Å². The highest BCUT2D eigenvalue weighted by Gasteiger charge is 2.31. The molecule has 25 heavy (non-hydrogen) atoms. The molecule has 1 atom stereocenters. The Kier molecular flexibility index (Phi) is 4.11. The second-order valence-electron chi connectivity index (χ2n) is 5.69. The number of hydrogen-bond donors (Lipinski definition) is 1. The largest absolute Gasteiger partial charge is 0.437 e. The lowest BCUT2D eigenvalue weighted by molar-refractivity contribution is -0.118. The number of carbonyl (C=O) groups is 2. The molecule has 0 aliphatic carbocycles. The predicted molar refractivity (Wildman–Crippen MR) is 98.0 cm³/mol. The van der Waals surface area contributed by atoms with E-state index in [1.807, 2.05) is 60.7 Å². The molecule has 5 nitrogen and oxygen atoms in total. The molecule has 1 aliphatic heterocycles. The molecule has 1 saturated heterocycles. The number of carbonyl (C=O) groups excluding carboxylic acids is 2. The summed E-state index contributed by atoms with van der Waals surface area (Å²) in [5.74, 6) is 0.292. The Morgan fingerprint density at radius 1 is 1.12 bits per heavy atom. The van der Waals surface area contributed by atoms with E-state index in [9.17, 15) is 9.59 Å². The summed E-state index contributed by atoms with van der Waals surface area (Å²) in [6.07, 6.45) is 4.25. The number of nitrogens with zero attached hydrogens (tertiary/aromatic N) is 1. The van der Waals surface area contributed by atoms with Gasteiger partial charge < -0.3 is 4.42 Å². The number of thioether (sulfide) groups is 1. The van der Waals surface area contributed by atoms with Gasteiger partial charge in [0.2, 0.25) is 11.8 Å². The minimum atomic E-state index is -0.380. The Morgan fingerprint density at radius 3 is 2.72 bits per heavy atom. The van der Waals surface area contributed by atoms with Crippen molar-refractivity contribution in [2.45, 2.75) is 11.7 Å². The third kappa shape index (κ3) is 3.49. The van der Waals surface area contributed by atoms with Gasteiger partial charge in [0.1, 0.15) is 5.52 Å². The molecule has 1 aromatic heterocycles. The monoisotopic (exact) mass is 350 g/mol. The summed E-state index contributed by atoms with van der Waals surface area (Å²) >= 11 is 1.03. The first kappa shape index (κ1) is 15.7. The van der Waals surface area contributed by atoms with Crippen LogP contribution in [-0.4, -0.2) is 21.4 Å². The first-order valence-electron chi connectivity index (χ1n) is 7.81. The summed E-state index contributed by atoms with van der Waals surface area (Å²) in [7, 11) is 0.